The normalized spacial score (nSPS) is 19.3. The molecular weight excluding hydrogens is 394 g/mol. The third kappa shape index (κ3) is 5.07. The first-order chi connectivity index (χ1) is 12.5. The van der Waals surface area contributed by atoms with Gasteiger partial charge < -0.3 is 14.6 Å². The third-order valence-corrected chi connectivity index (χ3v) is 5.32. The van der Waals surface area contributed by atoms with Gasteiger partial charge in [0.25, 0.3) is 0 Å². The lowest BCUT2D eigenvalue weighted by atomic mass is 10.1. The van der Waals surface area contributed by atoms with Crippen LogP contribution in [0, 0.1) is 13.8 Å². The minimum absolute atomic E-state index is 0.0355. The highest BCUT2D eigenvalue weighted by molar-refractivity contribution is 9.10. The Morgan fingerprint density at radius 1 is 1.27 bits per heavy atom. The molecule has 0 aliphatic carbocycles. The van der Waals surface area contributed by atoms with E-state index in [9.17, 15) is 5.11 Å². The molecule has 0 bridgehead atoms. The van der Waals surface area contributed by atoms with E-state index < -0.39 is 6.10 Å². The molecule has 26 heavy (non-hydrogen) atoms. The second kappa shape index (κ2) is 9.00. The Morgan fingerprint density at radius 3 is 2.88 bits per heavy atom. The smallest absolute Gasteiger partial charge is 0.122 e. The molecule has 1 N–H and O–H groups in total. The lowest BCUT2D eigenvalue weighted by Crippen LogP contribution is -2.43. The van der Waals surface area contributed by atoms with Gasteiger partial charge in [-0.1, -0.05) is 40.2 Å². The molecule has 1 aliphatic heterocycles. The van der Waals surface area contributed by atoms with Crippen molar-refractivity contribution >= 4 is 15.9 Å². The largest absolute Gasteiger partial charge is 0.491 e. The number of aliphatic hydroxyl groups excluding tert-OH is 1. The predicted octanol–water partition coefficient (Wildman–Crippen LogP) is 3.88. The number of aliphatic hydroxyl groups is 1. The van der Waals surface area contributed by atoms with Gasteiger partial charge in [0.2, 0.25) is 0 Å². The lowest BCUT2D eigenvalue weighted by Gasteiger charge is -2.34. The summed E-state index contributed by atoms with van der Waals surface area (Å²) in [4.78, 5) is 2.24. The van der Waals surface area contributed by atoms with E-state index in [0.717, 1.165) is 34.4 Å². The van der Waals surface area contributed by atoms with Crippen LogP contribution in [0.1, 0.15) is 22.8 Å². The van der Waals surface area contributed by atoms with E-state index in [2.05, 4.69) is 46.0 Å². The van der Waals surface area contributed by atoms with Crippen molar-refractivity contribution in [1.29, 1.82) is 0 Å². The molecule has 1 saturated heterocycles. The minimum atomic E-state index is -0.531. The van der Waals surface area contributed by atoms with Crippen LogP contribution in [-0.2, 0) is 4.74 Å². The van der Waals surface area contributed by atoms with Crippen LogP contribution >= 0.6 is 15.9 Å². The van der Waals surface area contributed by atoms with Gasteiger partial charge in [-0.25, -0.2) is 0 Å². The van der Waals surface area contributed by atoms with E-state index in [1.807, 2.05) is 31.2 Å². The van der Waals surface area contributed by atoms with Gasteiger partial charge in [-0.05, 0) is 48.7 Å². The van der Waals surface area contributed by atoms with Crippen molar-refractivity contribution in [2.75, 3.05) is 32.8 Å². The molecule has 0 amide bonds. The van der Waals surface area contributed by atoms with Crippen molar-refractivity contribution in [2.45, 2.75) is 26.1 Å². The van der Waals surface area contributed by atoms with Crippen molar-refractivity contribution in [3.8, 4) is 5.75 Å². The van der Waals surface area contributed by atoms with Gasteiger partial charge in [0.05, 0.1) is 12.7 Å². The highest BCUT2D eigenvalue weighted by atomic mass is 79.9. The third-order valence-electron chi connectivity index (χ3n) is 4.83. The summed E-state index contributed by atoms with van der Waals surface area (Å²) in [6, 6.07) is 14.2. The van der Waals surface area contributed by atoms with Crippen molar-refractivity contribution in [3.05, 3.63) is 63.6 Å². The van der Waals surface area contributed by atoms with Crippen molar-refractivity contribution in [2.24, 2.45) is 0 Å². The summed E-state index contributed by atoms with van der Waals surface area (Å²) in [6.45, 7) is 7.25. The number of morpholine rings is 1. The van der Waals surface area contributed by atoms with E-state index in [0.29, 0.717) is 19.8 Å². The summed E-state index contributed by atoms with van der Waals surface area (Å²) >= 11 is 3.51. The fraction of sp³-hybridized carbons (Fsp3) is 0.429. The summed E-state index contributed by atoms with van der Waals surface area (Å²) in [5.41, 5.74) is 3.48. The zero-order chi connectivity index (χ0) is 18.5. The molecule has 5 heteroatoms. The molecule has 0 saturated carbocycles. The standard InChI is InChI=1S/C21H26BrNO3/c1-15-5-3-8-20(16(15)2)26-14-19(24)12-23-9-10-25-21(13-23)17-6-4-7-18(22)11-17/h3-8,11,19,21,24H,9-10,12-14H2,1-2H3. The first kappa shape index (κ1) is 19.4. The van der Waals surface area contributed by atoms with Crippen LogP contribution in [0.5, 0.6) is 5.75 Å². The minimum Gasteiger partial charge on any atom is -0.491 e. The van der Waals surface area contributed by atoms with Gasteiger partial charge in [-0.3, -0.25) is 4.90 Å². The molecule has 0 radical (unpaired) electrons. The summed E-state index contributed by atoms with van der Waals surface area (Å²) < 4.78 is 12.8. The maximum absolute atomic E-state index is 10.4. The Kier molecular flexibility index (Phi) is 6.70. The van der Waals surface area contributed by atoms with Crippen LogP contribution in [0.4, 0.5) is 0 Å². The van der Waals surface area contributed by atoms with E-state index in [-0.39, 0.29) is 6.10 Å². The van der Waals surface area contributed by atoms with Gasteiger partial charge in [-0.2, -0.15) is 0 Å². The number of hydrogen-bond acceptors (Lipinski definition) is 4. The molecule has 2 unspecified atom stereocenters. The van der Waals surface area contributed by atoms with Crippen LogP contribution in [0.2, 0.25) is 0 Å². The molecule has 2 aromatic carbocycles. The molecule has 140 valence electrons. The van der Waals surface area contributed by atoms with Gasteiger partial charge in [0, 0.05) is 24.1 Å². The second-order valence-corrected chi connectivity index (χ2v) is 7.75. The van der Waals surface area contributed by atoms with Crippen molar-refractivity contribution < 1.29 is 14.6 Å². The molecule has 1 fully saturated rings. The van der Waals surface area contributed by atoms with E-state index >= 15 is 0 Å². The van der Waals surface area contributed by atoms with E-state index in [1.165, 1.54) is 5.56 Å². The zero-order valence-corrected chi connectivity index (χ0v) is 16.9. The topological polar surface area (TPSA) is 41.9 Å². The first-order valence-electron chi connectivity index (χ1n) is 8.99. The Morgan fingerprint density at radius 2 is 2.08 bits per heavy atom. The number of rotatable bonds is 6. The van der Waals surface area contributed by atoms with Gasteiger partial charge >= 0.3 is 0 Å². The van der Waals surface area contributed by atoms with E-state index in [4.69, 9.17) is 9.47 Å². The highest BCUT2D eigenvalue weighted by Crippen LogP contribution is 2.25. The Bertz CT molecular complexity index is 737. The fourth-order valence-corrected chi connectivity index (χ4v) is 3.61. The summed E-state index contributed by atoms with van der Waals surface area (Å²) in [6.07, 6.45) is -0.496. The Balaban J connectivity index is 1.52. The average Bonchev–Trinajstić information content (AvgIpc) is 2.63. The average molecular weight is 420 g/mol. The number of halogens is 1. The lowest BCUT2D eigenvalue weighted by molar-refractivity contribution is -0.0459. The van der Waals surface area contributed by atoms with Crippen molar-refractivity contribution in [3.63, 3.8) is 0 Å². The number of benzene rings is 2. The Labute approximate surface area is 163 Å². The van der Waals surface area contributed by atoms with Crippen LogP contribution in [0.15, 0.2) is 46.9 Å². The van der Waals surface area contributed by atoms with Crippen molar-refractivity contribution in [1.82, 2.24) is 4.90 Å². The maximum atomic E-state index is 10.4. The second-order valence-electron chi connectivity index (χ2n) is 6.84. The molecule has 2 aromatic rings. The monoisotopic (exact) mass is 419 g/mol. The molecule has 0 aromatic heterocycles. The SMILES string of the molecule is Cc1cccc(OCC(O)CN2CCOC(c3cccc(Br)c3)C2)c1C. The highest BCUT2D eigenvalue weighted by Gasteiger charge is 2.24. The molecule has 1 aliphatic rings. The zero-order valence-electron chi connectivity index (χ0n) is 15.3. The number of nitrogens with zero attached hydrogens (tertiary/aromatic N) is 1. The Hall–Kier alpha value is -1.40. The van der Waals surface area contributed by atoms with Gasteiger partial charge in [0.1, 0.15) is 18.5 Å². The molecule has 2 atom stereocenters. The molecule has 1 heterocycles. The maximum Gasteiger partial charge on any atom is 0.122 e. The van der Waals surface area contributed by atoms with Crippen LogP contribution in [-0.4, -0.2) is 49.0 Å². The molecule has 0 spiro atoms. The van der Waals surface area contributed by atoms with Crippen LogP contribution in [0.25, 0.3) is 0 Å². The quantitative estimate of drug-likeness (QED) is 0.771. The number of β-amino-alcohol motifs (C(OH)–C–C–N with tert-alkyl or cyclic N) is 1. The van der Waals surface area contributed by atoms with Crippen LogP contribution in [0.3, 0.4) is 0 Å². The molecular formula is C21H26BrNO3. The number of aryl methyl sites for hydroxylation is 1. The molecule has 3 rings (SSSR count). The number of ether oxygens (including phenoxy) is 2. The number of hydrogen-bond donors (Lipinski definition) is 1. The first-order valence-corrected chi connectivity index (χ1v) is 9.78. The van der Waals surface area contributed by atoms with Gasteiger partial charge in [-0.15, -0.1) is 0 Å². The predicted molar refractivity (Wildman–Crippen MR) is 107 cm³/mol. The van der Waals surface area contributed by atoms with Crippen LogP contribution < -0.4 is 4.74 Å². The summed E-state index contributed by atoms with van der Waals surface area (Å²) in [7, 11) is 0. The fourth-order valence-electron chi connectivity index (χ4n) is 3.19. The molecule has 4 nitrogen and oxygen atoms in total. The summed E-state index contributed by atoms with van der Waals surface area (Å²) in [5.74, 6) is 0.845. The van der Waals surface area contributed by atoms with Gasteiger partial charge in [0.15, 0.2) is 0 Å². The van der Waals surface area contributed by atoms with E-state index in [1.54, 1.807) is 0 Å². The summed E-state index contributed by atoms with van der Waals surface area (Å²) in [5, 5.41) is 10.4.